The Balaban J connectivity index is 1.01. The van der Waals surface area contributed by atoms with Gasteiger partial charge in [0.1, 0.15) is 64.8 Å². The number of unbranched alkanes of at least 4 members (excludes halogenated alkanes) is 2. The zero-order valence-corrected chi connectivity index (χ0v) is 78.6. The Labute approximate surface area is 780 Å². The molecule has 2 aliphatic rings. The SMILES string of the molecule is CC(C)[C@H](NC(=O)[C@H](CCCCNC(=O)CCOCCOCCNC(=O)c1ccc(C(=O)NCCCC(=O)NCCCC[C@@H]2NC(=O)[C@@H](Cc3ccccc3)NC(=O)[C@H](CC(=O)OC(C)(C)C)NC(=O)CNC(=O)[C@H](CCCNC(=N)N)NC2=O)cc1)NC(=O)CCCN1C(=O)C=CC1=O)C(=O)N[C@@H](C)C(=O)Nc1cc(C[C@@H](CCC(=O)OC(C)(C)C)NC(=O)OC(C)(C)C)ccc1O. The lowest BCUT2D eigenvalue weighted by Gasteiger charge is -2.26. The first-order valence-electron chi connectivity index (χ1n) is 45.2. The molecule has 2 heterocycles. The highest BCUT2D eigenvalue weighted by Gasteiger charge is 2.37. The fourth-order valence-electron chi connectivity index (χ4n) is 13.4. The van der Waals surface area contributed by atoms with Gasteiger partial charge in [-0.25, -0.2) is 4.79 Å². The summed E-state index contributed by atoms with van der Waals surface area (Å²) in [4.78, 5) is 240. The molecule has 3 aromatic rings. The van der Waals surface area contributed by atoms with E-state index in [1.807, 2.05) is 0 Å². The van der Waals surface area contributed by atoms with Crippen LogP contribution in [0.1, 0.15) is 218 Å². The van der Waals surface area contributed by atoms with E-state index in [4.69, 9.17) is 34.8 Å². The van der Waals surface area contributed by atoms with Crippen LogP contribution in [0, 0.1) is 11.3 Å². The molecular weight excluding hydrogens is 1740 g/mol. The Morgan fingerprint density at radius 1 is 0.500 bits per heavy atom. The molecule has 2 aliphatic heterocycles. The maximum atomic E-state index is 14.3. The Morgan fingerprint density at radius 2 is 1.04 bits per heavy atom. The summed E-state index contributed by atoms with van der Waals surface area (Å²) in [5.41, 5.74) is 4.59. The van der Waals surface area contributed by atoms with Gasteiger partial charge in [-0.2, -0.15) is 0 Å². The number of phenols is 1. The molecule has 16 amide bonds. The number of imide groups is 1. The van der Waals surface area contributed by atoms with Gasteiger partial charge in [0.15, 0.2) is 5.96 Å². The predicted molar refractivity (Wildman–Crippen MR) is 491 cm³/mol. The van der Waals surface area contributed by atoms with Crippen molar-refractivity contribution in [3.63, 3.8) is 0 Å². The van der Waals surface area contributed by atoms with Gasteiger partial charge >= 0.3 is 18.0 Å². The molecule has 42 nitrogen and oxygen atoms in total. The van der Waals surface area contributed by atoms with Crippen LogP contribution in [0.4, 0.5) is 10.5 Å². The molecule has 0 bridgehead atoms. The van der Waals surface area contributed by atoms with E-state index in [1.165, 1.54) is 43.3 Å². The number of rotatable bonds is 51. The molecule has 3 aromatic carbocycles. The number of nitrogens with two attached hydrogens (primary N) is 1. The number of anilines is 1. The van der Waals surface area contributed by atoms with Gasteiger partial charge in [0.2, 0.25) is 65.0 Å². The second kappa shape index (κ2) is 56.7. The summed E-state index contributed by atoms with van der Waals surface area (Å²) in [6.45, 7) is 20.3. The van der Waals surface area contributed by atoms with Crippen LogP contribution in [0.2, 0.25) is 0 Å². The van der Waals surface area contributed by atoms with Crippen LogP contribution < -0.4 is 85.5 Å². The van der Waals surface area contributed by atoms with E-state index in [0.717, 1.165) is 17.1 Å². The van der Waals surface area contributed by atoms with Crippen LogP contribution in [0.3, 0.4) is 0 Å². The van der Waals surface area contributed by atoms with Gasteiger partial charge in [0.05, 0.1) is 45.1 Å². The zero-order valence-electron chi connectivity index (χ0n) is 78.6. The molecule has 5 rings (SSSR count). The van der Waals surface area contributed by atoms with Crippen molar-refractivity contribution >= 4 is 118 Å². The number of nitrogens with zero attached hydrogens (tertiary/aromatic N) is 1. The molecule has 738 valence electrons. The van der Waals surface area contributed by atoms with Crippen molar-refractivity contribution in [3.8, 4) is 5.75 Å². The van der Waals surface area contributed by atoms with Crippen LogP contribution in [0.5, 0.6) is 5.75 Å². The fourth-order valence-corrected chi connectivity index (χ4v) is 13.4. The second-order valence-corrected chi connectivity index (χ2v) is 35.7. The zero-order chi connectivity index (χ0) is 99.3. The summed E-state index contributed by atoms with van der Waals surface area (Å²) in [6.07, 6.45) is 2.75. The first kappa shape index (κ1) is 111. The third-order valence-corrected chi connectivity index (χ3v) is 20.1. The van der Waals surface area contributed by atoms with Crippen molar-refractivity contribution in [2.45, 2.75) is 264 Å². The molecule has 0 saturated carbocycles. The van der Waals surface area contributed by atoms with Gasteiger partial charge in [-0.3, -0.25) is 91.8 Å². The van der Waals surface area contributed by atoms with E-state index >= 15 is 0 Å². The molecule has 0 unspecified atom stereocenters. The highest BCUT2D eigenvalue weighted by Crippen LogP contribution is 2.27. The van der Waals surface area contributed by atoms with Crippen molar-refractivity contribution < 1.29 is 115 Å². The smallest absolute Gasteiger partial charge is 0.407 e. The number of hydrogen-bond donors (Lipinski definition) is 18. The maximum absolute atomic E-state index is 14.3. The Hall–Kier alpha value is -13.2. The monoisotopic (exact) mass is 1880 g/mol. The number of alkyl carbamates (subject to hydrolysis) is 1. The van der Waals surface area contributed by atoms with Gasteiger partial charge in [0, 0.05) is 101 Å². The minimum Gasteiger partial charge on any atom is -0.506 e. The Morgan fingerprint density at radius 3 is 1.66 bits per heavy atom. The summed E-state index contributed by atoms with van der Waals surface area (Å²) in [7, 11) is 0. The average molecular weight is 1880 g/mol. The van der Waals surface area contributed by atoms with Gasteiger partial charge < -0.3 is 114 Å². The topological polar surface area (TPSA) is 607 Å². The van der Waals surface area contributed by atoms with Crippen molar-refractivity contribution in [1.82, 2.24) is 79.3 Å². The standard InChI is InChI=1S/C92H136N18O24/c1-56(2)78(87(128)101-57(3)79(120)107-66-53-59(30-36-69(66)111)51-62(102-89(129)134-92(10,11)12)35-39-76(118)132-90(4,5)6)109-84(125)64(103-72(114)29-22-46-110-74(116)37-38-75(110)117)25-16-18-42-96-71(113)40-47-130-49-50-131-48-45-98-81(122)61-33-31-60(32-34-61)80(121)97-43-21-28-70(112)95-41-19-17-26-65-83(124)105-63(27-20-44-99-88(93)94)82(123)100-55-73(115)104-68(54-77(119)133-91(7,8)9)86(127)108-67(85(126)106-65)52-58-23-14-13-15-24-58/h13-15,23-24,30-34,36-38,53,56-57,62-65,67-68,78,111H,16-22,25-29,35,39-52,54-55H2,1-12H3,(H,95,112)(H,96,113)(H,97,121)(H,98,122)(H,100,123)(H,101,128)(H,102,129)(H,103,114)(H,104,115)(H,105,124)(H,106,126)(H,107,120)(H,108,127)(H,109,125)(H4,93,94,99)/t57-,62+,63-,64-,65-,67+,68-,78-/m0/s1. The van der Waals surface area contributed by atoms with Gasteiger partial charge in [-0.1, -0.05) is 50.2 Å². The molecule has 42 heteroatoms. The van der Waals surface area contributed by atoms with Gasteiger partial charge in [-0.05, 0) is 200 Å². The first-order chi connectivity index (χ1) is 63.2. The molecule has 0 radical (unpaired) electrons. The van der Waals surface area contributed by atoms with Gasteiger partial charge in [-0.15, -0.1) is 0 Å². The number of esters is 2. The highest BCUT2D eigenvalue weighted by molar-refractivity contribution is 6.13. The molecular formula is C92H136N18O24. The van der Waals surface area contributed by atoms with Crippen LogP contribution in [0.15, 0.2) is 84.9 Å². The van der Waals surface area contributed by atoms with Crippen LogP contribution in [-0.2, 0) is 108 Å². The Bertz CT molecular complexity index is 4530. The molecule has 0 aliphatic carbocycles. The quantitative estimate of drug-likeness (QED) is 0.00730. The molecule has 134 heavy (non-hydrogen) atoms. The molecule has 19 N–H and O–H groups in total. The number of carbonyl (C=O) groups excluding carboxylic acids is 18. The number of carbonyl (C=O) groups is 18. The van der Waals surface area contributed by atoms with E-state index < -0.39 is 179 Å². The summed E-state index contributed by atoms with van der Waals surface area (Å²) < 4.78 is 27.5. The number of benzene rings is 3. The van der Waals surface area contributed by atoms with Crippen LogP contribution in [-0.4, -0.2) is 260 Å². The first-order valence-corrected chi connectivity index (χ1v) is 45.2. The molecule has 1 fully saturated rings. The van der Waals surface area contributed by atoms with E-state index in [-0.39, 0.29) is 196 Å². The third kappa shape index (κ3) is 44.8. The molecule has 8 atom stereocenters. The average Bonchev–Trinajstić information content (AvgIpc) is 1.35. The number of aromatic hydroxyl groups is 1. The lowest BCUT2D eigenvalue weighted by molar-refractivity contribution is -0.157. The number of amides is 16. The number of hydrogen-bond acceptors (Lipinski definition) is 25. The van der Waals surface area contributed by atoms with E-state index in [2.05, 4.69) is 79.8 Å². The van der Waals surface area contributed by atoms with E-state index in [1.54, 1.807) is 113 Å². The van der Waals surface area contributed by atoms with Gasteiger partial charge in [0.25, 0.3) is 23.6 Å². The van der Waals surface area contributed by atoms with Crippen molar-refractivity contribution in [2.24, 2.45) is 11.7 Å². The minimum atomic E-state index is -1.56. The normalized spacial score (nSPS) is 16.5. The molecule has 0 aromatic heterocycles. The lowest BCUT2D eigenvalue weighted by Crippen LogP contribution is -2.58. The highest BCUT2D eigenvalue weighted by atomic mass is 16.6. The Kier molecular flexibility index (Phi) is 47.1. The fraction of sp³-hybridized carbons (Fsp3) is 0.576. The predicted octanol–water partition coefficient (Wildman–Crippen LogP) is 1.97. The van der Waals surface area contributed by atoms with Crippen molar-refractivity contribution in [2.75, 3.05) is 77.6 Å². The van der Waals surface area contributed by atoms with E-state index in [0.29, 0.717) is 30.4 Å². The molecule has 1 saturated heterocycles. The maximum Gasteiger partial charge on any atom is 0.407 e. The van der Waals surface area contributed by atoms with Crippen molar-refractivity contribution in [3.05, 3.63) is 107 Å². The number of phenolic OH excluding ortho intramolecular Hbond substituents is 1. The summed E-state index contributed by atoms with van der Waals surface area (Å²) >= 11 is 0. The van der Waals surface area contributed by atoms with E-state index in [9.17, 15) is 91.4 Å². The number of ether oxygens (including phenoxy) is 5. The third-order valence-electron chi connectivity index (χ3n) is 20.1. The largest absolute Gasteiger partial charge is 0.506 e. The summed E-state index contributed by atoms with van der Waals surface area (Å²) in [5, 5.41) is 58.5. The van der Waals surface area contributed by atoms with Crippen molar-refractivity contribution in [1.29, 1.82) is 5.41 Å². The second-order valence-electron chi connectivity index (χ2n) is 35.7. The molecule has 0 spiro atoms. The van der Waals surface area contributed by atoms with Crippen LogP contribution >= 0.6 is 0 Å². The number of nitrogens with one attached hydrogen (secondary N) is 16. The van der Waals surface area contributed by atoms with Crippen LogP contribution in [0.25, 0.3) is 0 Å². The number of guanidine groups is 1. The summed E-state index contributed by atoms with van der Waals surface area (Å²) in [6, 6.07) is 9.14. The minimum absolute atomic E-state index is 0.00145. The summed E-state index contributed by atoms with van der Waals surface area (Å²) in [5.74, 6) is -12.0. The lowest BCUT2D eigenvalue weighted by atomic mass is 10.0.